The van der Waals surface area contributed by atoms with Crippen molar-refractivity contribution in [3.8, 4) is 22.6 Å². The molecule has 0 spiro atoms. The third kappa shape index (κ3) is 3.76. The van der Waals surface area contributed by atoms with Crippen LogP contribution in [0.2, 0.25) is 0 Å². The Morgan fingerprint density at radius 1 is 1.00 bits per heavy atom. The molecule has 176 valence electrons. The van der Waals surface area contributed by atoms with Gasteiger partial charge >= 0.3 is 6.09 Å². The van der Waals surface area contributed by atoms with Crippen LogP contribution in [0.3, 0.4) is 0 Å². The fourth-order valence-corrected chi connectivity index (χ4v) is 4.64. The number of imidazole rings is 1. The van der Waals surface area contributed by atoms with Crippen molar-refractivity contribution in [1.29, 1.82) is 0 Å². The van der Waals surface area contributed by atoms with Crippen LogP contribution in [0.1, 0.15) is 28.7 Å². The smallest absolute Gasteiger partial charge is 0.419 e. The lowest BCUT2D eigenvalue weighted by atomic mass is 9.86. The van der Waals surface area contributed by atoms with Crippen molar-refractivity contribution in [3.05, 3.63) is 106 Å². The molecule has 9 heteroatoms. The second-order valence-electron chi connectivity index (χ2n) is 7.95. The molecule has 5 rings (SSSR count). The highest BCUT2D eigenvalue weighted by Crippen LogP contribution is 2.53. The molecule has 0 saturated heterocycles. The van der Waals surface area contributed by atoms with E-state index in [1.165, 1.54) is 49.6 Å². The summed E-state index contributed by atoms with van der Waals surface area (Å²) in [5, 5.41) is 12.2. The van der Waals surface area contributed by atoms with Crippen molar-refractivity contribution in [1.82, 2.24) is 9.55 Å². The van der Waals surface area contributed by atoms with E-state index < -0.39 is 23.0 Å². The predicted molar refractivity (Wildman–Crippen MR) is 127 cm³/mol. The summed E-state index contributed by atoms with van der Waals surface area (Å²) in [4.78, 5) is 28.7. The van der Waals surface area contributed by atoms with Crippen LogP contribution in [0.4, 0.5) is 10.5 Å². The summed E-state index contributed by atoms with van der Waals surface area (Å²) in [6, 6.07) is 18.3. The molecule has 0 saturated carbocycles. The Morgan fingerprint density at radius 3 is 2.14 bits per heavy atom. The zero-order chi connectivity index (χ0) is 24.5. The van der Waals surface area contributed by atoms with E-state index in [0.29, 0.717) is 0 Å². The van der Waals surface area contributed by atoms with Gasteiger partial charge in [-0.3, -0.25) is 10.1 Å². The van der Waals surface area contributed by atoms with Gasteiger partial charge in [0.1, 0.15) is 12.4 Å². The van der Waals surface area contributed by atoms with Gasteiger partial charge in [0.25, 0.3) is 5.69 Å². The van der Waals surface area contributed by atoms with Crippen molar-refractivity contribution < 1.29 is 23.9 Å². The summed E-state index contributed by atoms with van der Waals surface area (Å²) in [7, 11) is 2.85. The van der Waals surface area contributed by atoms with Crippen LogP contribution in [0.25, 0.3) is 11.1 Å². The molecular weight excluding hydrogens is 450 g/mol. The van der Waals surface area contributed by atoms with Crippen molar-refractivity contribution in [3.63, 3.8) is 0 Å². The third-order valence-corrected chi connectivity index (χ3v) is 6.16. The first kappa shape index (κ1) is 22.1. The average molecular weight is 471 g/mol. The minimum Gasteiger partial charge on any atom is -0.493 e. The number of benzene rings is 3. The highest BCUT2D eigenvalue weighted by molar-refractivity contribution is 5.80. The van der Waals surface area contributed by atoms with Crippen LogP contribution >= 0.6 is 0 Å². The molecule has 0 fully saturated rings. The zero-order valence-electron chi connectivity index (χ0n) is 19.0. The lowest BCUT2D eigenvalue weighted by Gasteiger charge is -2.26. The highest BCUT2D eigenvalue weighted by atomic mass is 16.6. The summed E-state index contributed by atoms with van der Waals surface area (Å²) in [5.74, 6) is -0.00196. The van der Waals surface area contributed by atoms with Gasteiger partial charge in [-0.25, -0.2) is 14.3 Å². The number of carbonyl (C=O) groups excluding carboxylic acids is 1. The lowest BCUT2D eigenvalue weighted by Crippen LogP contribution is -2.22. The van der Waals surface area contributed by atoms with E-state index in [1.807, 2.05) is 48.5 Å². The molecule has 9 nitrogen and oxygen atoms in total. The minimum atomic E-state index is -1.05. The molecule has 1 unspecified atom stereocenters. The second kappa shape index (κ2) is 8.94. The topological polar surface area (TPSA) is 106 Å². The first-order valence-electron chi connectivity index (χ1n) is 10.8. The van der Waals surface area contributed by atoms with Crippen LogP contribution in [0.5, 0.6) is 11.5 Å². The maximum absolute atomic E-state index is 13.1. The Balaban J connectivity index is 1.75. The Hall–Kier alpha value is -4.66. The van der Waals surface area contributed by atoms with E-state index in [-0.39, 0.29) is 22.7 Å². The van der Waals surface area contributed by atoms with E-state index in [9.17, 15) is 14.9 Å². The number of nitro benzene ring substituents is 1. The van der Waals surface area contributed by atoms with Gasteiger partial charge in [-0.15, -0.1) is 0 Å². The fourth-order valence-electron chi connectivity index (χ4n) is 4.64. The Morgan fingerprint density at radius 2 is 1.60 bits per heavy atom. The Kier molecular flexibility index (Phi) is 5.66. The number of nitrogens with zero attached hydrogens (tertiary/aromatic N) is 3. The molecule has 4 aromatic rings. The van der Waals surface area contributed by atoms with Gasteiger partial charge in [0.05, 0.1) is 36.7 Å². The standard InChI is InChI=1S/C26H21N3O6/c1-33-22-13-20(21(29(31)32)14-23(22)34-2)25(35-26(30)28-12-11-27-15-28)24-18-9-5-3-7-16(18)17-8-4-6-10-19(17)24/h3-15,24-25H,1-2H3. The molecule has 1 aromatic heterocycles. The van der Waals surface area contributed by atoms with Crippen LogP contribution in [0.15, 0.2) is 79.4 Å². The molecule has 0 N–H and O–H groups in total. The molecule has 1 atom stereocenters. The molecule has 1 heterocycles. The Bertz CT molecular complexity index is 1370. The highest BCUT2D eigenvalue weighted by Gasteiger charge is 2.41. The normalized spacial score (nSPS) is 13.0. The number of methoxy groups -OCH3 is 2. The fraction of sp³-hybridized carbons (Fsp3) is 0.154. The van der Waals surface area contributed by atoms with E-state index in [2.05, 4.69) is 4.98 Å². The molecule has 3 aromatic carbocycles. The number of hydrogen-bond donors (Lipinski definition) is 0. The third-order valence-electron chi connectivity index (χ3n) is 6.16. The van der Waals surface area contributed by atoms with Gasteiger partial charge in [-0.05, 0) is 28.3 Å². The minimum absolute atomic E-state index is 0.192. The number of ether oxygens (including phenoxy) is 3. The van der Waals surface area contributed by atoms with E-state index in [1.54, 1.807) is 0 Å². The summed E-state index contributed by atoms with van der Waals surface area (Å²) >= 11 is 0. The summed E-state index contributed by atoms with van der Waals surface area (Å²) in [6.45, 7) is 0. The second-order valence-corrected chi connectivity index (χ2v) is 7.95. The van der Waals surface area contributed by atoms with Gasteiger partial charge in [0.15, 0.2) is 11.5 Å². The summed E-state index contributed by atoms with van der Waals surface area (Å²) < 4.78 is 17.9. The number of carbonyl (C=O) groups is 1. The number of aromatic nitrogens is 2. The first-order chi connectivity index (χ1) is 17.0. The molecular formula is C26H21N3O6. The van der Waals surface area contributed by atoms with Gasteiger partial charge in [0.2, 0.25) is 0 Å². The van der Waals surface area contributed by atoms with Crippen molar-refractivity contribution in [2.24, 2.45) is 0 Å². The SMILES string of the molecule is COc1cc(C(OC(=O)n2ccnc2)C2c3ccccc3-c3ccccc32)c([N+](=O)[O-])cc1OC. The van der Waals surface area contributed by atoms with Gasteiger partial charge in [0, 0.05) is 12.4 Å². The van der Waals surface area contributed by atoms with Gasteiger partial charge in [-0.1, -0.05) is 48.5 Å². The number of nitro groups is 1. The van der Waals surface area contributed by atoms with Crippen molar-refractivity contribution in [2.75, 3.05) is 14.2 Å². The molecule has 35 heavy (non-hydrogen) atoms. The maximum Gasteiger partial charge on any atom is 0.419 e. The molecule has 0 bridgehead atoms. The quantitative estimate of drug-likeness (QED) is 0.276. The van der Waals surface area contributed by atoms with Crippen LogP contribution in [-0.2, 0) is 4.74 Å². The summed E-state index contributed by atoms with van der Waals surface area (Å²) in [6.07, 6.45) is 2.47. The molecule has 1 aliphatic carbocycles. The van der Waals surface area contributed by atoms with E-state index >= 15 is 0 Å². The van der Waals surface area contributed by atoms with Gasteiger partial charge < -0.3 is 14.2 Å². The van der Waals surface area contributed by atoms with Crippen LogP contribution in [0, 0.1) is 10.1 Å². The van der Waals surface area contributed by atoms with Crippen molar-refractivity contribution >= 4 is 11.8 Å². The summed E-state index contributed by atoms with van der Waals surface area (Å²) in [5.41, 5.74) is 3.73. The average Bonchev–Trinajstić information content (AvgIpc) is 3.53. The van der Waals surface area contributed by atoms with Crippen LogP contribution < -0.4 is 9.47 Å². The molecule has 1 aliphatic rings. The molecule has 0 radical (unpaired) electrons. The number of hydrogen-bond acceptors (Lipinski definition) is 7. The molecule has 0 aliphatic heterocycles. The Labute approximate surface area is 200 Å². The lowest BCUT2D eigenvalue weighted by molar-refractivity contribution is -0.386. The number of rotatable bonds is 6. The maximum atomic E-state index is 13.1. The van der Waals surface area contributed by atoms with E-state index in [0.717, 1.165) is 22.3 Å². The zero-order valence-corrected chi connectivity index (χ0v) is 19.0. The van der Waals surface area contributed by atoms with E-state index in [4.69, 9.17) is 14.2 Å². The largest absolute Gasteiger partial charge is 0.493 e. The van der Waals surface area contributed by atoms with Crippen LogP contribution in [-0.4, -0.2) is 34.8 Å². The first-order valence-corrected chi connectivity index (χ1v) is 10.8. The van der Waals surface area contributed by atoms with Crippen molar-refractivity contribution in [2.45, 2.75) is 12.0 Å². The number of fused-ring (bicyclic) bond motifs is 3. The monoisotopic (exact) mass is 471 g/mol. The predicted octanol–water partition coefficient (Wildman–Crippen LogP) is 5.35. The van der Waals surface area contributed by atoms with Gasteiger partial charge in [-0.2, -0.15) is 0 Å². The molecule has 0 amide bonds.